The molecule has 20 heavy (non-hydrogen) atoms. The van der Waals surface area contributed by atoms with Crippen molar-refractivity contribution in [2.24, 2.45) is 5.10 Å². The van der Waals surface area contributed by atoms with Crippen LogP contribution in [0.3, 0.4) is 0 Å². The summed E-state index contributed by atoms with van der Waals surface area (Å²) in [4.78, 5) is 0. The Morgan fingerprint density at radius 3 is 2.85 bits per heavy atom. The number of halogens is 1. The molecule has 0 saturated carbocycles. The van der Waals surface area contributed by atoms with Gasteiger partial charge in [0.1, 0.15) is 18.7 Å². The molecule has 8 heteroatoms. The van der Waals surface area contributed by atoms with E-state index in [9.17, 15) is 0 Å². The highest BCUT2D eigenvalue weighted by Gasteiger charge is 2.11. The molecule has 0 aliphatic rings. The van der Waals surface area contributed by atoms with Crippen LogP contribution in [0.15, 0.2) is 29.9 Å². The lowest BCUT2D eigenvalue weighted by atomic mass is 10.2. The molecule has 1 aromatic carbocycles. The maximum Gasteiger partial charge on any atom is 0.179 e. The molecular formula is C12H10ClN5O2. The van der Waals surface area contributed by atoms with Gasteiger partial charge in [0.2, 0.25) is 0 Å². The zero-order valence-corrected chi connectivity index (χ0v) is 11.3. The molecule has 7 nitrogen and oxygen atoms in total. The molecule has 0 aliphatic heterocycles. The number of nitrogens with zero attached hydrogens (tertiary/aromatic N) is 5. The zero-order valence-electron chi connectivity index (χ0n) is 10.5. The van der Waals surface area contributed by atoms with Crippen LogP contribution in [0.4, 0.5) is 0 Å². The molecular weight excluding hydrogens is 282 g/mol. The van der Waals surface area contributed by atoms with Crippen LogP contribution in [0.5, 0.6) is 11.5 Å². The highest BCUT2D eigenvalue weighted by Crippen LogP contribution is 2.35. The number of rotatable bonds is 5. The van der Waals surface area contributed by atoms with E-state index in [-0.39, 0.29) is 6.61 Å². The van der Waals surface area contributed by atoms with Crippen molar-refractivity contribution in [1.82, 2.24) is 14.9 Å². The van der Waals surface area contributed by atoms with E-state index in [4.69, 9.17) is 26.3 Å². The Morgan fingerprint density at radius 1 is 1.45 bits per heavy atom. The van der Waals surface area contributed by atoms with Crippen LogP contribution in [0, 0.1) is 11.3 Å². The van der Waals surface area contributed by atoms with Crippen LogP contribution in [-0.2, 0) is 0 Å². The summed E-state index contributed by atoms with van der Waals surface area (Å²) < 4.78 is 11.9. The van der Waals surface area contributed by atoms with Crippen molar-refractivity contribution in [3.63, 3.8) is 0 Å². The molecule has 0 atom stereocenters. The van der Waals surface area contributed by atoms with Crippen LogP contribution in [-0.4, -0.2) is 34.8 Å². The van der Waals surface area contributed by atoms with E-state index < -0.39 is 0 Å². The van der Waals surface area contributed by atoms with E-state index in [1.54, 1.807) is 18.3 Å². The van der Waals surface area contributed by atoms with Crippen LogP contribution < -0.4 is 9.47 Å². The summed E-state index contributed by atoms with van der Waals surface area (Å²) in [7, 11) is 1.48. The summed E-state index contributed by atoms with van der Waals surface area (Å²) in [6.45, 7) is -0.0985. The average Bonchev–Trinajstić information content (AvgIpc) is 2.96. The Balaban J connectivity index is 2.30. The standard InChI is InChI=1S/C12H10ClN5O2/c1-19-12-10(13)4-9(5-11(12)20-3-2-14)6-17-18-7-15-16-8-18/h4-8H,3H2,1H3. The quantitative estimate of drug-likeness (QED) is 0.783. The summed E-state index contributed by atoms with van der Waals surface area (Å²) in [5.74, 6) is 0.759. The predicted molar refractivity (Wildman–Crippen MR) is 72.1 cm³/mol. The molecule has 0 aliphatic carbocycles. The first-order valence-corrected chi connectivity index (χ1v) is 5.88. The maximum atomic E-state index is 8.57. The second-order valence-corrected chi connectivity index (χ2v) is 3.97. The fourth-order valence-electron chi connectivity index (χ4n) is 1.47. The monoisotopic (exact) mass is 291 g/mol. The first-order valence-electron chi connectivity index (χ1n) is 5.51. The second kappa shape index (κ2) is 6.54. The van der Waals surface area contributed by atoms with Crippen LogP contribution >= 0.6 is 11.6 Å². The van der Waals surface area contributed by atoms with Crippen molar-refractivity contribution in [2.45, 2.75) is 0 Å². The highest BCUT2D eigenvalue weighted by atomic mass is 35.5. The van der Waals surface area contributed by atoms with Gasteiger partial charge in [-0.1, -0.05) is 11.6 Å². The fraction of sp³-hybridized carbons (Fsp3) is 0.167. The maximum absolute atomic E-state index is 8.57. The van der Waals surface area contributed by atoms with Gasteiger partial charge in [-0.05, 0) is 17.7 Å². The number of benzene rings is 1. The van der Waals surface area contributed by atoms with Gasteiger partial charge in [0.15, 0.2) is 18.1 Å². The Bertz CT molecular complexity index is 649. The smallest absolute Gasteiger partial charge is 0.179 e. The molecule has 0 radical (unpaired) electrons. The molecule has 0 amide bonds. The Kier molecular flexibility index (Phi) is 4.52. The number of hydrogen-bond acceptors (Lipinski definition) is 6. The summed E-state index contributed by atoms with van der Waals surface area (Å²) >= 11 is 6.09. The number of nitriles is 1. The molecule has 1 heterocycles. The summed E-state index contributed by atoms with van der Waals surface area (Å²) in [6, 6.07) is 5.24. The number of methoxy groups -OCH3 is 1. The third-order valence-corrected chi connectivity index (χ3v) is 2.56. The summed E-state index contributed by atoms with van der Waals surface area (Å²) in [5.41, 5.74) is 0.692. The zero-order chi connectivity index (χ0) is 14.4. The highest BCUT2D eigenvalue weighted by molar-refractivity contribution is 6.32. The third kappa shape index (κ3) is 3.24. The van der Waals surface area contributed by atoms with E-state index >= 15 is 0 Å². The van der Waals surface area contributed by atoms with Crippen molar-refractivity contribution in [3.05, 3.63) is 35.4 Å². The van der Waals surface area contributed by atoms with Gasteiger partial charge in [-0.25, -0.2) is 4.68 Å². The van der Waals surface area contributed by atoms with Crippen molar-refractivity contribution in [3.8, 4) is 17.6 Å². The van der Waals surface area contributed by atoms with Gasteiger partial charge in [0.25, 0.3) is 0 Å². The minimum Gasteiger partial charge on any atom is -0.491 e. The Morgan fingerprint density at radius 2 is 2.20 bits per heavy atom. The molecule has 0 unspecified atom stereocenters. The van der Waals surface area contributed by atoms with Crippen molar-refractivity contribution in [1.29, 1.82) is 5.26 Å². The lowest BCUT2D eigenvalue weighted by molar-refractivity contribution is 0.330. The van der Waals surface area contributed by atoms with Gasteiger partial charge in [-0.3, -0.25) is 0 Å². The summed E-state index contributed by atoms with van der Waals surface area (Å²) in [5, 5.41) is 20.3. The first kappa shape index (κ1) is 13.8. The molecule has 0 fully saturated rings. The fourth-order valence-corrected chi connectivity index (χ4v) is 1.76. The SMILES string of the molecule is COc1c(Cl)cc(C=Nn2cnnc2)cc1OCC#N. The predicted octanol–water partition coefficient (Wildman–Crippen LogP) is 1.72. The van der Waals surface area contributed by atoms with Gasteiger partial charge in [-0.2, -0.15) is 10.4 Å². The molecule has 2 rings (SSSR count). The number of aromatic nitrogens is 3. The van der Waals surface area contributed by atoms with E-state index in [1.807, 2.05) is 6.07 Å². The molecule has 2 aromatic rings. The normalized spacial score (nSPS) is 10.4. The van der Waals surface area contributed by atoms with E-state index in [0.29, 0.717) is 22.1 Å². The van der Waals surface area contributed by atoms with Gasteiger partial charge in [-0.15, -0.1) is 10.2 Å². The average molecular weight is 292 g/mol. The molecule has 102 valence electrons. The van der Waals surface area contributed by atoms with E-state index in [0.717, 1.165) is 0 Å². The van der Waals surface area contributed by atoms with E-state index in [1.165, 1.54) is 24.4 Å². The second-order valence-electron chi connectivity index (χ2n) is 3.57. The Hall–Kier alpha value is -2.59. The van der Waals surface area contributed by atoms with Gasteiger partial charge in [0.05, 0.1) is 18.3 Å². The first-order chi connectivity index (χ1) is 9.74. The van der Waals surface area contributed by atoms with Crippen LogP contribution in [0.25, 0.3) is 0 Å². The lowest BCUT2D eigenvalue weighted by Crippen LogP contribution is -1.99. The largest absolute Gasteiger partial charge is 0.491 e. The van der Waals surface area contributed by atoms with Crippen molar-refractivity contribution < 1.29 is 9.47 Å². The third-order valence-electron chi connectivity index (χ3n) is 2.27. The summed E-state index contributed by atoms with van der Waals surface area (Å²) in [6.07, 6.45) is 4.47. The van der Waals surface area contributed by atoms with Gasteiger partial charge in [0, 0.05) is 0 Å². The number of ether oxygens (including phenoxy) is 2. The minimum atomic E-state index is -0.0985. The van der Waals surface area contributed by atoms with Crippen LogP contribution in [0.2, 0.25) is 5.02 Å². The minimum absolute atomic E-state index is 0.0985. The molecule has 0 bridgehead atoms. The lowest BCUT2D eigenvalue weighted by Gasteiger charge is -2.10. The van der Waals surface area contributed by atoms with E-state index in [2.05, 4.69) is 15.3 Å². The molecule has 0 spiro atoms. The van der Waals surface area contributed by atoms with Crippen LogP contribution in [0.1, 0.15) is 5.56 Å². The Labute approximate surface area is 120 Å². The molecule has 1 aromatic heterocycles. The molecule has 0 saturated heterocycles. The van der Waals surface area contributed by atoms with Crippen molar-refractivity contribution in [2.75, 3.05) is 13.7 Å². The van der Waals surface area contributed by atoms with Gasteiger partial charge >= 0.3 is 0 Å². The molecule has 0 N–H and O–H groups in total. The topological polar surface area (TPSA) is 85.3 Å². The number of hydrogen-bond donors (Lipinski definition) is 0. The van der Waals surface area contributed by atoms with Crippen molar-refractivity contribution >= 4 is 17.8 Å². The van der Waals surface area contributed by atoms with Gasteiger partial charge < -0.3 is 9.47 Å².